The number of nitrogens with two attached hydrogens (primary N) is 1. The average molecular weight is 258 g/mol. The number of benzene rings is 1. The Labute approximate surface area is 112 Å². The number of rotatable bonds is 2. The first-order valence-corrected chi connectivity index (χ1v) is 6.62. The number of aromatic nitrogens is 1. The molecule has 1 heterocycles. The van der Waals surface area contributed by atoms with Gasteiger partial charge in [-0.15, -0.1) is 0 Å². The Kier molecular flexibility index (Phi) is 2.93. The Balaban J connectivity index is 2.26. The quantitative estimate of drug-likeness (QED) is 0.899. The number of aryl methyl sites for hydroxylation is 1. The summed E-state index contributed by atoms with van der Waals surface area (Å²) in [5.41, 5.74) is 11.5. The maximum absolute atomic E-state index is 5.64. The van der Waals surface area contributed by atoms with E-state index in [1.807, 2.05) is 0 Å². The smallest absolute Gasteiger partial charge is 0.222 e. The van der Waals surface area contributed by atoms with Crippen molar-refractivity contribution in [1.29, 1.82) is 0 Å². The van der Waals surface area contributed by atoms with E-state index in [9.17, 15) is 0 Å². The molecule has 0 unspecified atom stereocenters. The lowest BCUT2D eigenvalue weighted by atomic mass is 9.84. The summed E-state index contributed by atoms with van der Waals surface area (Å²) in [6.07, 6.45) is 4.65. The number of anilines is 1. The van der Waals surface area contributed by atoms with Crippen LogP contribution < -0.4 is 10.5 Å². The molecule has 4 heteroatoms. The van der Waals surface area contributed by atoms with E-state index in [4.69, 9.17) is 15.0 Å². The van der Waals surface area contributed by atoms with E-state index in [0.29, 0.717) is 5.88 Å². The van der Waals surface area contributed by atoms with Gasteiger partial charge in [0.15, 0.2) is 0 Å². The van der Waals surface area contributed by atoms with Crippen LogP contribution in [0.25, 0.3) is 11.3 Å². The van der Waals surface area contributed by atoms with Gasteiger partial charge in [-0.3, -0.25) is 0 Å². The number of methoxy groups -OCH3 is 1. The third-order valence-electron chi connectivity index (χ3n) is 3.84. The first kappa shape index (κ1) is 12.1. The van der Waals surface area contributed by atoms with Crippen LogP contribution in [0.3, 0.4) is 0 Å². The number of ether oxygens (including phenoxy) is 1. The summed E-state index contributed by atoms with van der Waals surface area (Å²) in [4.78, 5) is 0. The van der Waals surface area contributed by atoms with E-state index >= 15 is 0 Å². The van der Waals surface area contributed by atoms with Crippen LogP contribution in [0.15, 0.2) is 16.7 Å². The molecule has 0 saturated heterocycles. The fourth-order valence-electron chi connectivity index (χ4n) is 2.97. The van der Waals surface area contributed by atoms with Crippen molar-refractivity contribution < 1.29 is 9.26 Å². The lowest BCUT2D eigenvalue weighted by molar-refractivity contribution is 0.412. The predicted molar refractivity (Wildman–Crippen MR) is 74.3 cm³/mol. The first-order chi connectivity index (χ1) is 9.20. The Hall–Kier alpha value is -1.97. The minimum atomic E-state index is 0.335. The minimum absolute atomic E-state index is 0.335. The van der Waals surface area contributed by atoms with Crippen molar-refractivity contribution in [3.63, 3.8) is 0 Å². The van der Waals surface area contributed by atoms with Crippen LogP contribution in [0, 0.1) is 6.92 Å². The molecule has 19 heavy (non-hydrogen) atoms. The summed E-state index contributed by atoms with van der Waals surface area (Å²) in [6, 6.07) is 3.85. The molecule has 0 atom stereocenters. The molecule has 1 aromatic heterocycles. The van der Waals surface area contributed by atoms with Gasteiger partial charge in [0.05, 0.1) is 7.11 Å². The van der Waals surface area contributed by atoms with Crippen LogP contribution in [0.2, 0.25) is 0 Å². The highest BCUT2D eigenvalue weighted by molar-refractivity contribution is 5.75. The molecule has 0 spiro atoms. The van der Waals surface area contributed by atoms with Gasteiger partial charge < -0.3 is 15.0 Å². The zero-order valence-electron chi connectivity index (χ0n) is 11.3. The second-order valence-corrected chi connectivity index (χ2v) is 5.05. The fourth-order valence-corrected chi connectivity index (χ4v) is 2.97. The van der Waals surface area contributed by atoms with Gasteiger partial charge in [-0.25, -0.2) is 0 Å². The number of nitrogen functional groups attached to an aromatic ring is 1. The molecular weight excluding hydrogens is 240 g/mol. The molecule has 4 nitrogen and oxygen atoms in total. The summed E-state index contributed by atoms with van der Waals surface area (Å²) < 4.78 is 10.5. The lowest BCUT2D eigenvalue weighted by Crippen LogP contribution is -2.08. The molecular formula is C15H18N2O2. The molecule has 0 radical (unpaired) electrons. The van der Waals surface area contributed by atoms with Gasteiger partial charge in [-0.05, 0) is 55.4 Å². The monoisotopic (exact) mass is 258 g/mol. The van der Waals surface area contributed by atoms with Crippen LogP contribution in [0.4, 0.5) is 5.88 Å². The highest BCUT2D eigenvalue weighted by atomic mass is 16.5. The zero-order valence-corrected chi connectivity index (χ0v) is 11.3. The summed E-state index contributed by atoms with van der Waals surface area (Å²) in [6.45, 7) is 2.15. The highest BCUT2D eigenvalue weighted by Crippen LogP contribution is 2.40. The summed E-state index contributed by atoms with van der Waals surface area (Å²) in [5.74, 6) is 1.19. The second-order valence-electron chi connectivity index (χ2n) is 5.05. The number of fused-ring (bicyclic) bond motifs is 1. The topological polar surface area (TPSA) is 61.3 Å². The van der Waals surface area contributed by atoms with Crippen molar-refractivity contribution in [2.45, 2.75) is 32.6 Å². The van der Waals surface area contributed by atoms with Crippen LogP contribution >= 0.6 is 0 Å². The van der Waals surface area contributed by atoms with Crippen molar-refractivity contribution in [3.05, 3.63) is 28.8 Å². The lowest BCUT2D eigenvalue weighted by Gasteiger charge is -2.22. The zero-order chi connectivity index (χ0) is 13.4. The van der Waals surface area contributed by atoms with Crippen LogP contribution in [0.5, 0.6) is 5.75 Å². The summed E-state index contributed by atoms with van der Waals surface area (Å²) in [5, 5.41) is 4.05. The van der Waals surface area contributed by atoms with E-state index in [1.165, 1.54) is 29.5 Å². The molecule has 0 fully saturated rings. The van der Waals surface area contributed by atoms with E-state index in [1.54, 1.807) is 13.2 Å². The normalized spacial score (nSPS) is 14.2. The van der Waals surface area contributed by atoms with Crippen LogP contribution in [0.1, 0.15) is 29.5 Å². The van der Waals surface area contributed by atoms with Gasteiger partial charge >= 0.3 is 0 Å². The molecule has 0 amide bonds. The fraction of sp³-hybridized carbons (Fsp3) is 0.400. The SMILES string of the molecule is COc1cc(C)c2c(c1-c1cc(N)on1)CCCC2. The molecule has 100 valence electrons. The Morgan fingerprint density at radius 1 is 1.21 bits per heavy atom. The molecule has 2 aromatic rings. The Morgan fingerprint density at radius 3 is 2.58 bits per heavy atom. The van der Waals surface area contributed by atoms with E-state index in [0.717, 1.165) is 29.8 Å². The number of nitrogens with zero attached hydrogens (tertiary/aromatic N) is 1. The van der Waals surface area contributed by atoms with Crippen molar-refractivity contribution in [2.24, 2.45) is 0 Å². The standard InChI is InChI=1S/C15H18N2O2/c1-9-7-13(18-2)15(12-8-14(16)19-17-12)11-6-4-3-5-10(9)11/h7-8H,3-6,16H2,1-2H3. The van der Waals surface area contributed by atoms with Gasteiger partial charge in [0.1, 0.15) is 11.4 Å². The molecule has 2 N–H and O–H groups in total. The maximum atomic E-state index is 5.64. The average Bonchev–Trinajstić information content (AvgIpc) is 2.85. The van der Waals surface area contributed by atoms with Crippen LogP contribution in [-0.4, -0.2) is 12.3 Å². The Bertz CT molecular complexity index is 617. The van der Waals surface area contributed by atoms with Gasteiger partial charge in [0, 0.05) is 11.6 Å². The molecule has 3 rings (SSSR count). The molecule has 0 aliphatic heterocycles. The molecule has 0 saturated carbocycles. The van der Waals surface area contributed by atoms with E-state index < -0.39 is 0 Å². The van der Waals surface area contributed by atoms with Crippen LogP contribution in [-0.2, 0) is 12.8 Å². The Morgan fingerprint density at radius 2 is 1.95 bits per heavy atom. The third-order valence-corrected chi connectivity index (χ3v) is 3.84. The molecule has 1 aliphatic rings. The summed E-state index contributed by atoms with van der Waals surface area (Å²) >= 11 is 0. The van der Waals surface area contributed by atoms with E-state index in [2.05, 4.69) is 18.1 Å². The second kappa shape index (κ2) is 4.61. The molecule has 1 aliphatic carbocycles. The predicted octanol–water partition coefficient (Wildman–Crippen LogP) is 3.12. The summed E-state index contributed by atoms with van der Waals surface area (Å²) in [7, 11) is 1.69. The highest BCUT2D eigenvalue weighted by Gasteiger charge is 2.22. The molecule has 1 aromatic carbocycles. The third kappa shape index (κ3) is 1.97. The largest absolute Gasteiger partial charge is 0.496 e. The van der Waals surface area contributed by atoms with Crippen molar-refractivity contribution in [3.8, 4) is 17.0 Å². The van der Waals surface area contributed by atoms with Gasteiger partial charge in [0.25, 0.3) is 0 Å². The van der Waals surface area contributed by atoms with Crippen molar-refractivity contribution in [2.75, 3.05) is 12.8 Å². The van der Waals surface area contributed by atoms with Gasteiger partial charge in [-0.2, -0.15) is 0 Å². The van der Waals surface area contributed by atoms with E-state index in [-0.39, 0.29) is 0 Å². The molecule has 0 bridgehead atoms. The van der Waals surface area contributed by atoms with Gasteiger partial charge in [-0.1, -0.05) is 5.16 Å². The van der Waals surface area contributed by atoms with Gasteiger partial charge in [0.2, 0.25) is 5.88 Å². The maximum Gasteiger partial charge on any atom is 0.222 e. The minimum Gasteiger partial charge on any atom is -0.496 e. The van der Waals surface area contributed by atoms with Crippen molar-refractivity contribution >= 4 is 5.88 Å². The van der Waals surface area contributed by atoms with Crippen molar-refractivity contribution in [1.82, 2.24) is 5.16 Å². The first-order valence-electron chi connectivity index (χ1n) is 6.62. The number of hydrogen-bond acceptors (Lipinski definition) is 4. The number of hydrogen-bond donors (Lipinski definition) is 1.